The number of aromatic nitrogens is 1. The van der Waals surface area contributed by atoms with Gasteiger partial charge in [-0.1, -0.05) is 25.1 Å². The second-order valence-electron chi connectivity index (χ2n) is 3.94. The lowest BCUT2D eigenvalue weighted by Gasteiger charge is -2.14. The van der Waals surface area contributed by atoms with Gasteiger partial charge in [0.1, 0.15) is 0 Å². The van der Waals surface area contributed by atoms with E-state index < -0.39 is 0 Å². The second-order valence-corrected chi connectivity index (χ2v) is 3.94. The monoisotopic (exact) mass is 188 g/mol. The standard InChI is InChI=1S/C12H16N2/c1-8(9(2)13)11-7-14-12-6-4-3-5-10(11)12/h3-9,14H,13H2,1-2H3. The van der Waals surface area contributed by atoms with Crippen LogP contribution in [0.2, 0.25) is 0 Å². The number of nitrogens with one attached hydrogen (secondary N) is 1. The molecule has 0 aliphatic rings. The molecule has 3 N–H and O–H groups in total. The maximum absolute atomic E-state index is 5.90. The van der Waals surface area contributed by atoms with Crippen molar-refractivity contribution in [3.05, 3.63) is 36.0 Å². The highest BCUT2D eigenvalue weighted by atomic mass is 14.7. The molecule has 0 amide bonds. The summed E-state index contributed by atoms with van der Waals surface area (Å²) in [4.78, 5) is 3.27. The summed E-state index contributed by atoms with van der Waals surface area (Å²) in [6.45, 7) is 4.22. The Kier molecular flexibility index (Phi) is 2.30. The van der Waals surface area contributed by atoms with Crippen molar-refractivity contribution in [2.45, 2.75) is 25.8 Å². The first-order valence-electron chi connectivity index (χ1n) is 5.01. The quantitative estimate of drug-likeness (QED) is 0.747. The van der Waals surface area contributed by atoms with Crippen LogP contribution in [0.5, 0.6) is 0 Å². The maximum atomic E-state index is 5.90. The number of aromatic amines is 1. The third kappa shape index (κ3) is 1.42. The van der Waals surface area contributed by atoms with E-state index in [0.29, 0.717) is 5.92 Å². The minimum Gasteiger partial charge on any atom is -0.361 e. The van der Waals surface area contributed by atoms with Gasteiger partial charge in [-0.3, -0.25) is 0 Å². The molecule has 1 aromatic heterocycles. The molecule has 0 aliphatic heterocycles. The van der Waals surface area contributed by atoms with Crippen molar-refractivity contribution in [2.24, 2.45) is 5.73 Å². The van der Waals surface area contributed by atoms with Crippen LogP contribution in [0.3, 0.4) is 0 Å². The lowest BCUT2D eigenvalue weighted by atomic mass is 9.95. The van der Waals surface area contributed by atoms with Crippen LogP contribution < -0.4 is 5.73 Å². The number of rotatable bonds is 2. The van der Waals surface area contributed by atoms with Crippen LogP contribution in [0, 0.1) is 0 Å². The molecule has 14 heavy (non-hydrogen) atoms. The number of hydrogen-bond donors (Lipinski definition) is 2. The molecule has 2 rings (SSSR count). The predicted octanol–water partition coefficient (Wildman–Crippen LogP) is 2.62. The summed E-state index contributed by atoms with van der Waals surface area (Å²) < 4.78 is 0. The number of benzene rings is 1. The number of H-pyrrole nitrogens is 1. The van der Waals surface area contributed by atoms with E-state index in [4.69, 9.17) is 5.73 Å². The molecular formula is C12H16N2. The smallest absolute Gasteiger partial charge is 0.0456 e. The first-order chi connectivity index (χ1) is 6.70. The first kappa shape index (κ1) is 9.28. The van der Waals surface area contributed by atoms with Gasteiger partial charge >= 0.3 is 0 Å². The van der Waals surface area contributed by atoms with Gasteiger partial charge in [-0.25, -0.2) is 0 Å². The zero-order valence-electron chi connectivity index (χ0n) is 8.62. The summed E-state index contributed by atoms with van der Waals surface area (Å²) in [5.41, 5.74) is 8.41. The van der Waals surface area contributed by atoms with E-state index in [2.05, 4.69) is 36.3 Å². The molecule has 2 atom stereocenters. The van der Waals surface area contributed by atoms with Crippen molar-refractivity contribution >= 4 is 10.9 Å². The molecule has 1 heterocycles. The number of hydrogen-bond acceptors (Lipinski definition) is 1. The fraction of sp³-hybridized carbons (Fsp3) is 0.333. The minimum absolute atomic E-state index is 0.189. The molecule has 2 nitrogen and oxygen atoms in total. The SMILES string of the molecule is CC(N)C(C)c1c[nH]c2ccccc12. The van der Waals surface area contributed by atoms with Crippen molar-refractivity contribution in [3.63, 3.8) is 0 Å². The van der Waals surface area contributed by atoms with E-state index in [0.717, 1.165) is 0 Å². The van der Waals surface area contributed by atoms with Gasteiger partial charge < -0.3 is 10.7 Å². The van der Waals surface area contributed by atoms with Crippen molar-refractivity contribution in [1.29, 1.82) is 0 Å². The topological polar surface area (TPSA) is 41.8 Å². The lowest BCUT2D eigenvalue weighted by Crippen LogP contribution is -2.22. The van der Waals surface area contributed by atoms with E-state index >= 15 is 0 Å². The molecule has 2 unspecified atom stereocenters. The molecule has 2 aromatic rings. The molecule has 74 valence electrons. The normalized spacial score (nSPS) is 15.6. The Labute approximate surface area is 84.1 Å². The van der Waals surface area contributed by atoms with Gasteiger partial charge in [0.25, 0.3) is 0 Å². The van der Waals surface area contributed by atoms with Crippen LogP contribution in [-0.2, 0) is 0 Å². The van der Waals surface area contributed by atoms with Crippen LogP contribution >= 0.6 is 0 Å². The molecule has 2 heteroatoms. The van der Waals surface area contributed by atoms with E-state index in [1.54, 1.807) is 0 Å². The van der Waals surface area contributed by atoms with Crippen molar-refractivity contribution < 1.29 is 0 Å². The summed E-state index contributed by atoms with van der Waals surface area (Å²) in [5.74, 6) is 0.395. The highest BCUT2D eigenvalue weighted by molar-refractivity contribution is 5.83. The van der Waals surface area contributed by atoms with Crippen LogP contribution in [0.1, 0.15) is 25.3 Å². The average Bonchev–Trinajstić information content (AvgIpc) is 2.60. The molecule has 0 bridgehead atoms. The van der Waals surface area contributed by atoms with E-state index in [1.807, 2.05) is 13.0 Å². The molecule has 0 radical (unpaired) electrons. The number of fused-ring (bicyclic) bond motifs is 1. The highest BCUT2D eigenvalue weighted by Crippen LogP contribution is 2.26. The fourth-order valence-corrected chi connectivity index (χ4v) is 1.75. The average molecular weight is 188 g/mol. The third-order valence-electron chi connectivity index (χ3n) is 2.90. The van der Waals surface area contributed by atoms with E-state index in [-0.39, 0.29) is 6.04 Å². The Morgan fingerprint density at radius 1 is 1.21 bits per heavy atom. The van der Waals surface area contributed by atoms with Gasteiger partial charge in [-0.05, 0) is 24.5 Å². The summed E-state index contributed by atoms with van der Waals surface area (Å²) in [6.07, 6.45) is 2.07. The maximum Gasteiger partial charge on any atom is 0.0456 e. The molecule has 0 saturated heterocycles. The summed E-state index contributed by atoms with van der Waals surface area (Å²) >= 11 is 0. The predicted molar refractivity (Wildman–Crippen MR) is 60.4 cm³/mol. The Hall–Kier alpha value is -1.28. The Morgan fingerprint density at radius 2 is 1.93 bits per heavy atom. The van der Waals surface area contributed by atoms with Crippen LogP contribution in [0.15, 0.2) is 30.5 Å². The largest absolute Gasteiger partial charge is 0.361 e. The van der Waals surface area contributed by atoms with Gasteiger partial charge in [-0.2, -0.15) is 0 Å². The van der Waals surface area contributed by atoms with Crippen LogP contribution in [-0.4, -0.2) is 11.0 Å². The third-order valence-corrected chi connectivity index (χ3v) is 2.90. The highest BCUT2D eigenvalue weighted by Gasteiger charge is 2.13. The Balaban J connectivity index is 2.53. The van der Waals surface area contributed by atoms with Crippen LogP contribution in [0.25, 0.3) is 10.9 Å². The molecule has 0 spiro atoms. The minimum atomic E-state index is 0.189. The molecule has 0 fully saturated rings. The Morgan fingerprint density at radius 3 is 2.64 bits per heavy atom. The van der Waals surface area contributed by atoms with Crippen LogP contribution in [0.4, 0.5) is 0 Å². The lowest BCUT2D eigenvalue weighted by molar-refractivity contribution is 0.617. The van der Waals surface area contributed by atoms with Gasteiger partial charge in [0, 0.05) is 23.1 Å². The molecular weight excluding hydrogens is 172 g/mol. The van der Waals surface area contributed by atoms with Gasteiger partial charge in [0.2, 0.25) is 0 Å². The van der Waals surface area contributed by atoms with E-state index in [1.165, 1.54) is 16.5 Å². The van der Waals surface area contributed by atoms with Crippen molar-refractivity contribution in [1.82, 2.24) is 4.98 Å². The number of nitrogens with two attached hydrogens (primary N) is 1. The van der Waals surface area contributed by atoms with Crippen molar-refractivity contribution in [3.8, 4) is 0 Å². The zero-order chi connectivity index (χ0) is 10.1. The van der Waals surface area contributed by atoms with Gasteiger partial charge in [0.15, 0.2) is 0 Å². The first-order valence-corrected chi connectivity index (χ1v) is 5.01. The Bertz CT molecular complexity index is 429. The molecule has 0 saturated carbocycles. The summed E-state index contributed by atoms with van der Waals surface area (Å²) in [7, 11) is 0. The van der Waals surface area contributed by atoms with E-state index in [9.17, 15) is 0 Å². The summed E-state index contributed by atoms with van der Waals surface area (Å²) in [6, 6.07) is 8.52. The van der Waals surface area contributed by atoms with Gasteiger partial charge in [0.05, 0.1) is 0 Å². The van der Waals surface area contributed by atoms with Crippen molar-refractivity contribution in [2.75, 3.05) is 0 Å². The fourth-order valence-electron chi connectivity index (χ4n) is 1.75. The molecule has 0 aliphatic carbocycles. The van der Waals surface area contributed by atoms with Gasteiger partial charge in [-0.15, -0.1) is 0 Å². The zero-order valence-corrected chi connectivity index (χ0v) is 8.62. The number of para-hydroxylation sites is 1. The second kappa shape index (κ2) is 3.46. The molecule has 1 aromatic carbocycles. The summed E-state index contributed by atoms with van der Waals surface area (Å²) in [5, 5.41) is 1.29.